The van der Waals surface area contributed by atoms with Crippen LogP contribution < -0.4 is 5.32 Å². The molecule has 1 heterocycles. The van der Waals surface area contributed by atoms with Gasteiger partial charge < -0.3 is 9.73 Å². The van der Waals surface area contributed by atoms with E-state index in [0.29, 0.717) is 11.1 Å². The van der Waals surface area contributed by atoms with Crippen LogP contribution in [-0.4, -0.2) is 5.91 Å². The summed E-state index contributed by atoms with van der Waals surface area (Å²) in [6.45, 7) is 0.114. The second-order valence-electron chi connectivity index (χ2n) is 5.58. The van der Waals surface area contributed by atoms with E-state index in [1.165, 1.54) is 6.07 Å². The smallest absolute Gasteiger partial charge is 0.287 e. The average Bonchev–Trinajstić information content (AvgIpc) is 3.05. The topological polar surface area (TPSA) is 42.2 Å². The number of carbonyl (C=O) groups is 1. The van der Waals surface area contributed by atoms with Crippen LogP contribution >= 0.6 is 0 Å². The van der Waals surface area contributed by atoms with Crippen LogP contribution in [0.2, 0.25) is 0 Å². The molecule has 118 valence electrons. The lowest BCUT2D eigenvalue weighted by molar-refractivity contribution is 0.0925. The van der Waals surface area contributed by atoms with Crippen molar-refractivity contribution in [2.45, 2.75) is 6.54 Å². The van der Waals surface area contributed by atoms with Crippen LogP contribution in [0, 0.1) is 5.82 Å². The van der Waals surface area contributed by atoms with E-state index in [9.17, 15) is 9.18 Å². The summed E-state index contributed by atoms with van der Waals surface area (Å²) in [7, 11) is 0. The Kier molecular flexibility index (Phi) is 3.50. The van der Waals surface area contributed by atoms with Crippen molar-refractivity contribution in [3.63, 3.8) is 0 Å². The first-order chi connectivity index (χ1) is 11.7. The number of hydrogen-bond acceptors (Lipinski definition) is 2. The summed E-state index contributed by atoms with van der Waals surface area (Å²) in [5.41, 5.74) is 1.09. The van der Waals surface area contributed by atoms with E-state index >= 15 is 0 Å². The molecule has 0 saturated heterocycles. The van der Waals surface area contributed by atoms with Crippen LogP contribution in [0.1, 0.15) is 16.1 Å². The lowest BCUT2D eigenvalue weighted by Gasteiger charge is -2.04. The number of amides is 1. The van der Waals surface area contributed by atoms with Crippen molar-refractivity contribution in [1.29, 1.82) is 0 Å². The van der Waals surface area contributed by atoms with Crippen molar-refractivity contribution in [3.8, 4) is 0 Å². The number of nitrogens with one attached hydrogen (secondary N) is 1. The number of rotatable bonds is 3. The predicted molar refractivity (Wildman–Crippen MR) is 91.3 cm³/mol. The molecule has 0 fully saturated rings. The minimum atomic E-state index is -0.362. The first-order valence-corrected chi connectivity index (χ1v) is 7.65. The zero-order valence-electron chi connectivity index (χ0n) is 12.8. The van der Waals surface area contributed by atoms with E-state index in [1.807, 2.05) is 36.4 Å². The van der Waals surface area contributed by atoms with Gasteiger partial charge in [-0.2, -0.15) is 0 Å². The van der Waals surface area contributed by atoms with Gasteiger partial charge in [-0.15, -0.1) is 0 Å². The highest BCUT2D eigenvalue weighted by Gasteiger charge is 2.14. The van der Waals surface area contributed by atoms with E-state index in [0.717, 1.165) is 16.2 Å². The van der Waals surface area contributed by atoms with Gasteiger partial charge in [0.25, 0.3) is 5.91 Å². The molecular formula is C20H14FNO2. The number of carbonyl (C=O) groups excluding carboxylic acids is 1. The van der Waals surface area contributed by atoms with Gasteiger partial charge in [0.1, 0.15) is 11.4 Å². The third kappa shape index (κ3) is 2.52. The highest BCUT2D eigenvalue weighted by atomic mass is 19.1. The molecule has 1 aromatic heterocycles. The van der Waals surface area contributed by atoms with E-state index in [2.05, 4.69) is 5.32 Å². The van der Waals surface area contributed by atoms with Crippen molar-refractivity contribution in [3.05, 3.63) is 83.9 Å². The van der Waals surface area contributed by atoms with Gasteiger partial charge in [-0.3, -0.25) is 4.79 Å². The van der Waals surface area contributed by atoms with Crippen molar-refractivity contribution >= 4 is 27.6 Å². The normalized spacial score (nSPS) is 11.0. The molecule has 4 rings (SSSR count). The van der Waals surface area contributed by atoms with Gasteiger partial charge in [-0.25, -0.2) is 4.39 Å². The molecule has 4 heteroatoms. The largest absolute Gasteiger partial charge is 0.451 e. The molecule has 0 atom stereocenters. The number of furan rings is 1. The van der Waals surface area contributed by atoms with Crippen LogP contribution in [0.4, 0.5) is 4.39 Å². The zero-order chi connectivity index (χ0) is 16.5. The molecule has 0 aliphatic carbocycles. The van der Waals surface area contributed by atoms with Gasteiger partial charge in [0.05, 0.1) is 0 Å². The van der Waals surface area contributed by atoms with Crippen molar-refractivity contribution in [1.82, 2.24) is 5.32 Å². The Hall–Kier alpha value is -3.14. The summed E-state index contributed by atoms with van der Waals surface area (Å²) in [6.07, 6.45) is 0. The summed E-state index contributed by atoms with van der Waals surface area (Å²) in [5.74, 6) is -0.482. The quantitative estimate of drug-likeness (QED) is 0.597. The van der Waals surface area contributed by atoms with Crippen molar-refractivity contribution in [2.75, 3.05) is 0 Å². The molecular weight excluding hydrogens is 305 g/mol. The standard InChI is InChI=1S/C20H14FNO2/c21-17-8-4-2-6-14(17)12-22-20(23)19-11-16-15-7-3-1-5-13(15)9-10-18(16)24-19/h1-11H,12H2,(H,22,23). The first kappa shape index (κ1) is 14.5. The molecule has 4 aromatic rings. The number of halogens is 1. The van der Waals surface area contributed by atoms with Crippen LogP contribution in [0.5, 0.6) is 0 Å². The molecule has 1 amide bonds. The summed E-state index contributed by atoms with van der Waals surface area (Å²) >= 11 is 0. The molecule has 0 aliphatic heterocycles. The molecule has 0 unspecified atom stereocenters. The van der Waals surface area contributed by atoms with Crippen LogP contribution in [-0.2, 0) is 6.54 Å². The monoisotopic (exact) mass is 319 g/mol. The molecule has 3 nitrogen and oxygen atoms in total. The molecule has 0 aliphatic rings. The molecule has 3 aromatic carbocycles. The first-order valence-electron chi connectivity index (χ1n) is 7.65. The van der Waals surface area contributed by atoms with Gasteiger partial charge in [-0.1, -0.05) is 48.5 Å². The highest BCUT2D eigenvalue weighted by molar-refractivity contribution is 6.08. The Morgan fingerprint density at radius 3 is 2.62 bits per heavy atom. The van der Waals surface area contributed by atoms with Gasteiger partial charge >= 0.3 is 0 Å². The van der Waals surface area contributed by atoms with Gasteiger partial charge in [0, 0.05) is 17.5 Å². The average molecular weight is 319 g/mol. The lowest BCUT2D eigenvalue weighted by Crippen LogP contribution is -2.22. The van der Waals surface area contributed by atoms with E-state index in [1.54, 1.807) is 24.3 Å². The molecule has 1 N–H and O–H groups in total. The third-order valence-electron chi connectivity index (χ3n) is 4.05. The van der Waals surface area contributed by atoms with Crippen LogP contribution in [0.15, 0.2) is 71.1 Å². The predicted octanol–water partition coefficient (Wildman–Crippen LogP) is 4.66. The summed E-state index contributed by atoms with van der Waals surface area (Å²) in [4.78, 5) is 12.3. The zero-order valence-corrected chi connectivity index (χ0v) is 12.8. The van der Waals surface area contributed by atoms with Gasteiger partial charge in [0.2, 0.25) is 0 Å². The maximum Gasteiger partial charge on any atom is 0.287 e. The lowest BCUT2D eigenvalue weighted by atomic mass is 10.1. The fourth-order valence-corrected chi connectivity index (χ4v) is 2.81. The second-order valence-corrected chi connectivity index (χ2v) is 5.58. The number of fused-ring (bicyclic) bond motifs is 3. The molecule has 24 heavy (non-hydrogen) atoms. The minimum Gasteiger partial charge on any atom is -0.451 e. The maximum absolute atomic E-state index is 13.6. The van der Waals surface area contributed by atoms with Gasteiger partial charge in [-0.05, 0) is 29.0 Å². The Balaban J connectivity index is 1.63. The molecule has 0 spiro atoms. The Labute approximate surface area is 137 Å². The minimum absolute atomic E-state index is 0.114. The SMILES string of the molecule is O=C(NCc1ccccc1F)c1cc2c(ccc3ccccc32)o1. The Morgan fingerprint density at radius 2 is 1.75 bits per heavy atom. The summed E-state index contributed by atoms with van der Waals surface area (Å²) < 4.78 is 19.3. The maximum atomic E-state index is 13.6. The summed E-state index contributed by atoms with van der Waals surface area (Å²) in [5, 5.41) is 5.71. The van der Waals surface area contributed by atoms with Crippen LogP contribution in [0.3, 0.4) is 0 Å². The fourth-order valence-electron chi connectivity index (χ4n) is 2.81. The molecule has 0 radical (unpaired) electrons. The summed E-state index contributed by atoms with van der Waals surface area (Å²) in [6, 6.07) is 19.8. The highest BCUT2D eigenvalue weighted by Crippen LogP contribution is 2.28. The second kappa shape index (κ2) is 5.81. The number of hydrogen-bond donors (Lipinski definition) is 1. The fraction of sp³-hybridized carbons (Fsp3) is 0.0500. The van der Waals surface area contributed by atoms with E-state index < -0.39 is 0 Å². The number of benzene rings is 3. The van der Waals surface area contributed by atoms with Crippen LogP contribution in [0.25, 0.3) is 21.7 Å². The van der Waals surface area contributed by atoms with Crippen molar-refractivity contribution in [2.24, 2.45) is 0 Å². The molecule has 0 saturated carbocycles. The van der Waals surface area contributed by atoms with E-state index in [-0.39, 0.29) is 24.0 Å². The molecule has 0 bridgehead atoms. The third-order valence-corrected chi connectivity index (χ3v) is 4.05. The van der Waals surface area contributed by atoms with E-state index in [4.69, 9.17) is 4.42 Å². The van der Waals surface area contributed by atoms with Gasteiger partial charge in [0.15, 0.2) is 5.76 Å². The Bertz CT molecular complexity index is 1050. The Morgan fingerprint density at radius 1 is 0.958 bits per heavy atom. The van der Waals surface area contributed by atoms with Crippen molar-refractivity contribution < 1.29 is 13.6 Å².